The molecule has 1 saturated carbocycles. The van der Waals surface area contributed by atoms with Gasteiger partial charge in [0.1, 0.15) is 5.82 Å². The fourth-order valence-corrected chi connectivity index (χ4v) is 2.71. The topological polar surface area (TPSA) is 41.6 Å². The third-order valence-corrected chi connectivity index (χ3v) is 4.19. The molecule has 0 amide bonds. The predicted molar refractivity (Wildman–Crippen MR) is 81.1 cm³/mol. The molecule has 20 heavy (non-hydrogen) atoms. The van der Waals surface area contributed by atoms with Crippen molar-refractivity contribution >= 4 is 5.96 Å². The second kappa shape index (κ2) is 6.73. The molecule has 0 heterocycles. The summed E-state index contributed by atoms with van der Waals surface area (Å²) in [6.07, 6.45) is 5.99. The van der Waals surface area contributed by atoms with Crippen molar-refractivity contribution in [2.45, 2.75) is 51.1 Å². The molecule has 1 aliphatic rings. The number of benzene rings is 1. The number of hydrogen-bond donors (Lipinski definition) is 1. The van der Waals surface area contributed by atoms with E-state index in [0.717, 1.165) is 12.8 Å². The van der Waals surface area contributed by atoms with E-state index < -0.39 is 0 Å². The van der Waals surface area contributed by atoms with E-state index in [-0.39, 0.29) is 11.9 Å². The van der Waals surface area contributed by atoms with Crippen LogP contribution in [0.25, 0.3) is 0 Å². The molecule has 2 rings (SSSR count). The average molecular weight is 277 g/mol. The molecule has 1 aromatic rings. The van der Waals surface area contributed by atoms with Gasteiger partial charge >= 0.3 is 0 Å². The Bertz CT molecular complexity index is 467. The molecule has 110 valence electrons. The van der Waals surface area contributed by atoms with Gasteiger partial charge in [-0.3, -0.25) is 0 Å². The van der Waals surface area contributed by atoms with E-state index in [4.69, 9.17) is 5.73 Å². The molecule has 1 aromatic carbocycles. The highest BCUT2D eigenvalue weighted by Gasteiger charge is 2.19. The number of guanidine groups is 1. The molecule has 0 aliphatic heterocycles. The molecule has 0 radical (unpaired) electrons. The molecule has 1 aliphatic carbocycles. The second-order valence-electron chi connectivity index (χ2n) is 5.59. The second-order valence-corrected chi connectivity index (χ2v) is 5.59. The van der Waals surface area contributed by atoms with Gasteiger partial charge in [0, 0.05) is 12.6 Å². The van der Waals surface area contributed by atoms with Crippen LogP contribution in [0.15, 0.2) is 29.3 Å². The van der Waals surface area contributed by atoms with Gasteiger partial charge in [0.2, 0.25) is 0 Å². The van der Waals surface area contributed by atoms with Gasteiger partial charge < -0.3 is 10.6 Å². The zero-order chi connectivity index (χ0) is 14.5. The highest BCUT2D eigenvalue weighted by atomic mass is 19.1. The highest BCUT2D eigenvalue weighted by molar-refractivity contribution is 5.78. The van der Waals surface area contributed by atoms with E-state index in [0.29, 0.717) is 17.6 Å². The minimum atomic E-state index is -0.197. The van der Waals surface area contributed by atoms with Crippen molar-refractivity contribution < 1.29 is 4.39 Å². The summed E-state index contributed by atoms with van der Waals surface area (Å²) in [5, 5.41) is 0. The van der Waals surface area contributed by atoms with Gasteiger partial charge in [-0.2, -0.15) is 0 Å². The lowest BCUT2D eigenvalue weighted by atomic mass is 9.96. The van der Waals surface area contributed by atoms with Gasteiger partial charge in [-0.1, -0.05) is 37.5 Å². The molecule has 0 bridgehead atoms. The van der Waals surface area contributed by atoms with Crippen molar-refractivity contribution in [3.8, 4) is 0 Å². The zero-order valence-electron chi connectivity index (χ0n) is 12.3. The number of nitrogens with two attached hydrogens (primary N) is 1. The normalized spacial score (nSPS) is 18.9. The maximum Gasteiger partial charge on any atom is 0.191 e. The Morgan fingerprint density at radius 2 is 1.95 bits per heavy atom. The standard InChI is InChI=1S/C16H24FN3/c1-12(14-10-6-7-11-15(14)17)20(2)16(18)19-13-8-4-3-5-9-13/h6-7,10-13H,3-5,8-9H2,1-2H3,(H2,18,19). The molecule has 1 unspecified atom stereocenters. The van der Waals surface area contributed by atoms with Crippen molar-refractivity contribution in [2.75, 3.05) is 7.05 Å². The number of rotatable bonds is 3. The van der Waals surface area contributed by atoms with E-state index in [1.165, 1.54) is 25.3 Å². The Hall–Kier alpha value is -1.58. The molecule has 1 atom stereocenters. The summed E-state index contributed by atoms with van der Waals surface area (Å²) in [5.74, 6) is 0.310. The van der Waals surface area contributed by atoms with Crippen molar-refractivity contribution in [1.29, 1.82) is 0 Å². The monoisotopic (exact) mass is 277 g/mol. The lowest BCUT2D eigenvalue weighted by molar-refractivity contribution is 0.374. The van der Waals surface area contributed by atoms with Gasteiger partial charge in [-0.15, -0.1) is 0 Å². The molecule has 3 nitrogen and oxygen atoms in total. The van der Waals surface area contributed by atoms with Crippen LogP contribution in [0.1, 0.15) is 50.6 Å². The average Bonchev–Trinajstić information content (AvgIpc) is 2.47. The maximum absolute atomic E-state index is 13.8. The zero-order valence-corrected chi connectivity index (χ0v) is 12.3. The first-order valence-electron chi connectivity index (χ1n) is 7.40. The Morgan fingerprint density at radius 1 is 1.30 bits per heavy atom. The van der Waals surface area contributed by atoms with E-state index in [2.05, 4.69) is 4.99 Å². The third kappa shape index (κ3) is 3.50. The minimum absolute atomic E-state index is 0.122. The summed E-state index contributed by atoms with van der Waals surface area (Å²) in [4.78, 5) is 6.46. The molecule has 0 aromatic heterocycles. The molecule has 1 fully saturated rings. The van der Waals surface area contributed by atoms with Crippen LogP contribution in [-0.2, 0) is 0 Å². The molecule has 0 spiro atoms. The van der Waals surface area contributed by atoms with Crippen LogP contribution in [0.3, 0.4) is 0 Å². The van der Waals surface area contributed by atoms with E-state index in [1.807, 2.05) is 24.9 Å². The summed E-state index contributed by atoms with van der Waals surface area (Å²) in [6.45, 7) is 1.95. The van der Waals surface area contributed by atoms with Crippen LogP contribution in [0.4, 0.5) is 4.39 Å². The largest absolute Gasteiger partial charge is 0.370 e. The van der Waals surface area contributed by atoms with Crippen LogP contribution in [-0.4, -0.2) is 23.9 Å². The number of halogens is 1. The first-order chi connectivity index (χ1) is 9.59. The lowest BCUT2D eigenvalue weighted by Gasteiger charge is -2.28. The first-order valence-corrected chi connectivity index (χ1v) is 7.40. The van der Waals surface area contributed by atoms with Gasteiger partial charge in [-0.25, -0.2) is 9.38 Å². The fraction of sp³-hybridized carbons (Fsp3) is 0.562. The molecule has 0 saturated heterocycles. The number of hydrogen-bond acceptors (Lipinski definition) is 1. The van der Waals surface area contributed by atoms with E-state index >= 15 is 0 Å². The van der Waals surface area contributed by atoms with Crippen LogP contribution >= 0.6 is 0 Å². The highest BCUT2D eigenvalue weighted by Crippen LogP contribution is 2.23. The Balaban J connectivity index is 2.07. The smallest absolute Gasteiger partial charge is 0.191 e. The Morgan fingerprint density at radius 3 is 2.60 bits per heavy atom. The van der Waals surface area contributed by atoms with E-state index in [1.54, 1.807) is 12.1 Å². The van der Waals surface area contributed by atoms with Gasteiger partial charge in [-0.05, 0) is 25.8 Å². The lowest BCUT2D eigenvalue weighted by Crippen LogP contribution is -2.37. The summed E-state index contributed by atoms with van der Waals surface area (Å²) in [5.41, 5.74) is 6.74. The SMILES string of the molecule is CC(c1ccccc1F)N(C)C(N)=NC1CCCCC1. The molecule has 4 heteroatoms. The summed E-state index contributed by atoms with van der Waals surface area (Å²) in [6, 6.07) is 7.03. The number of nitrogens with zero attached hydrogens (tertiary/aromatic N) is 2. The van der Waals surface area contributed by atoms with Crippen LogP contribution in [0.2, 0.25) is 0 Å². The van der Waals surface area contributed by atoms with Crippen LogP contribution in [0, 0.1) is 5.82 Å². The maximum atomic E-state index is 13.8. The van der Waals surface area contributed by atoms with Crippen molar-refractivity contribution in [3.63, 3.8) is 0 Å². The van der Waals surface area contributed by atoms with Gasteiger partial charge in [0.05, 0.1) is 12.1 Å². The quantitative estimate of drug-likeness (QED) is 0.679. The first kappa shape index (κ1) is 14.8. The molecule has 2 N–H and O–H groups in total. The predicted octanol–water partition coefficient (Wildman–Crippen LogP) is 3.47. The van der Waals surface area contributed by atoms with Crippen molar-refractivity contribution in [2.24, 2.45) is 10.7 Å². The Labute approximate surface area is 120 Å². The Kier molecular flexibility index (Phi) is 4.99. The summed E-state index contributed by atoms with van der Waals surface area (Å²) >= 11 is 0. The van der Waals surface area contributed by atoms with Crippen molar-refractivity contribution in [3.05, 3.63) is 35.6 Å². The molecular formula is C16H24FN3. The van der Waals surface area contributed by atoms with Gasteiger partial charge in [0.15, 0.2) is 5.96 Å². The molecular weight excluding hydrogens is 253 g/mol. The van der Waals surface area contributed by atoms with Gasteiger partial charge in [0.25, 0.3) is 0 Å². The van der Waals surface area contributed by atoms with E-state index in [9.17, 15) is 4.39 Å². The third-order valence-electron chi connectivity index (χ3n) is 4.19. The summed E-state index contributed by atoms with van der Waals surface area (Å²) in [7, 11) is 1.87. The van der Waals surface area contributed by atoms with Crippen LogP contribution < -0.4 is 5.73 Å². The van der Waals surface area contributed by atoms with Crippen molar-refractivity contribution in [1.82, 2.24) is 4.90 Å². The minimum Gasteiger partial charge on any atom is -0.370 e. The summed E-state index contributed by atoms with van der Waals surface area (Å²) < 4.78 is 13.8. The fourth-order valence-electron chi connectivity index (χ4n) is 2.71. The number of aliphatic imine (C=N–C) groups is 1. The van der Waals surface area contributed by atoms with Crippen LogP contribution in [0.5, 0.6) is 0 Å².